The Kier molecular flexibility index (Phi) is 3.59. The summed E-state index contributed by atoms with van der Waals surface area (Å²) in [5.74, 6) is 0.742. The maximum atomic E-state index is 5.72. The highest BCUT2D eigenvalue weighted by molar-refractivity contribution is 6.28. The highest BCUT2D eigenvalue weighted by Gasteiger charge is 2.00. The molecule has 3 nitrogen and oxygen atoms in total. The van der Waals surface area contributed by atoms with Crippen LogP contribution in [-0.2, 0) is 6.54 Å². The van der Waals surface area contributed by atoms with Gasteiger partial charge in [-0.2, -0.15) is 0 Å². The molecule has 0 radical (unpaired) electrons. The van der Waals surface area contributed by atoms with E-state index in [0.29, 0.717) is 0 Å². The third kappa shape index (κ3) is 3.17. The third-order valence-electron chi connectivity index (χ3n) is 2.59. The van der Waals surface area contributed by atoms with E-state index in [1.165, 1.54) is 16.7 Å². The van der Waals surface area contributed by atoms with E-state index in [1.54, 1.807) is 12.3 Å². The number of halogens is 1. The van der Waals surface area contributed by atoms with Gasteiger partial charge in [-0.1, -0.05) is 23.8 Å². The zero-order valence-electron chi connectivity index (χ0n) is 9.87. The Labute approximate surface area is 106 Å². The first-order chi connectivity index (χ1) is 8.15. The number of nitrogens with zero attached hydrogens (tertiary/aromatic N) is 2. The Balaban J connectivity index is 2.09. The highest BCUT2D eigenvalue weighted by Crippen LogP contribution is 2.13. The Bertz CT molecular complexity index is 526. The number of aryl methyl sites for hydroxylation is 2. The minimum atomic E-state index is 0.260. The van der Waals surface area contributed by atoms with E-state index in [-0.39, 0.29) is 5.28 Å². The summed E-state index contributed by atoms with van der Waals surface area (Å²) in [6, 6.07) is 8.21. The van der Waals surface area contributed by atoms with E-state index in [4.69, 9.17) is 11.6 Å². The molecule has 0 atom stereocenters. The van der Waals surface area contributed by atoms with Gasteiger partial charge in [0.15, 0.2) is 0 Å². The summed E-state index contributed by atoms with van der Waals surface area (Å²) in [6.07, 6.45) is 1.64. The maximum Gasteiger partial charge on any atom is 0.224 e. The molecule has 1 aromatic carbocycles. The minimum Gasteiger partial charge on any atom is -0.366 e. The molecule has 1 heterocycles. The number of anilines is 1. The van der Waals surface area contributed by atoms with Crippen molar-refractivity contribution in [3.8, 4) is 0 Å². The Hall–Kier alpha value is -1.61. The van der Waals surface area contributed by atoms with Crippen LogP contribution in [0, 0.1) is 13.8 Å². The molecule has 0 aliphatic heterocycles. The topological polar surface area (TPSA) is 37.8 Å². The molecule has 0 fully saturated rings. The van der Waals surface area contributed by atoms with Gasteiger partial charge in [-0.15, -0.1) is 0 Å². The van der Waals surface area contributed by atoms with Crippen molar-refractivity contribution >= 4 is 17.4 Å². The quantitative estimate of drug-likeness (QED) is 0.846. The molecule has 0 bridgehead atoms. The fourth-order valence-corrected chi connectivity index (χ4v) is 1.76. The summed E-state index contributed by atoms with van der Waals surface area (Å²) >= 11 is 5.72. The van der Waals surface area contributed by atoms with Crippen LogP contribution in [0.1, 0.15) is 16.7 Å². The maximum absolute atomic E-state index is 5.72. The Morgan fingerprint density at radius 2 is 2.06 bits per heavy atom. The number of rotatable bonds is 3. The first-order valence-electron chi connectivity index (χ1n) is 5.44. The van der Waals surface area contributed by atoms with Gasteiger partial charge < -0.3 is 5.32 Å². The number of aromatic nitrogens is 2. The predicted molar refractivity (Wildman–Crippen MR) is 70.3 cm³/mol. The van der Waals surface area contributed by atoms with Crippen molar-refractivity contribution in [2.24, 2.45) is 0 Å². The fourth-order valence-electron chi connectivity index (χ4n) is 1.61. The van der Waals surface area contributed by atoms with Gasteiger partial charge in [-0.25, -0.2) is 9.97 Å². The van der Waals surface area contributed by atoms with Gasteiger partial charge >= 0.3 is 0 Å². The molecule has 0 unspecified atom stereocenters. The molecule has 0 amide bonds. The zero-order chi connectivity index (χ0) is 12.3. The van der Waals surface area contributed by atoms with Gasteiger partial charge in [-0.05, 0) is 42.6 Å². The van der Waals surface area contributed by atoms with Gasteiger partial charge in [0.05, 0.1) is 0 Å². The van der Waals surface area contributed by atoms with Crippen LogP contribution in [0.25, 0.3) is 0 Å². The minimum absolute atomic E-state index is 0.260. The lowest BCUT2D eigenvalue weighted by Gasteiger charge is -2.09. The fraction of sp³-hybridized carbons (Fsp3) is 0.231. The lowest BCUT2D eigenvalue weighted by atomic mass is 10.1. The first-order valence-corrected chi connectivity index (χ1v) is 5.81. The van der Waals surface area contributed by atoms with E-state index in [0.717, 1.165) is 12.4 Å². The van der Waals surface area contributed by atoms with Crippen LogP contribution in [0.15, 0.2) is 30.5 Å². The van der Waals surface area contributed by atoms with Crippen LogP contribution < -0.4 is 5.32 Å². The largest absolute Gasteiger partial charge is 0.366 e. The molecule has 0 aliphatic rings. The smallest absolute Gasteiger partial charge is 0.224 e. The van der Waals surface area contributed by atoms with Crippen LogP contribution in [0.4, 0.5) is 5.82 Å². The van der Waals surface area contributed by atoms with Gasteiger partial charge in [0.1, 0.15) is 5.82 Å². The molecule has 0 saturated carbocycles. The van der Waals surface area contributed by atoms with Crippen molar-refractivity contribution < 1.29 is 0 Å². The molecule has 0 saturated heterocycles. The van der Waals surface area contributed by atoms with E-state index >= 15 is 0 Å². The molecule has 0 aliphatic carbocycles. The molecule has 0 spiro atoms. The summed E-state index contributed by atoms with van der Waals surface area (Å²) in [7, 11) is 0. The summed E-state index contributed by atoms with van der Waals surface area (Å²) in [5.41, 5.74) is 3.79. The van der Waals surface area contributed by atoms with Crippen molar-refractivity contribution in [3.63, 3.8) is 0 Å². The molecule has 1 aromatic heterocycles. The summed E-state index contributed by atoms with van der Waals surface area (Å²) < 4.78 is 0. The standard InChI is InChI=1S/C13H14ClN3/c1-9-3-4-10(2)11(7-9)8-16-12-5-6-15-13(14)17-12/h3-7H,8H2,1-2H3,(H,15,16,17). The third-order valence-corrected chi connectivity index (χ3v) is 2.77. The normalized spacial score (nSPS) is 10.3. The second kappa shape index (κ2) is 5.15. The SMILES string of the molecule is Cc1ccc(C)c(CNc2ccnc(Cl)n2)c1. The van der Waals surface area contributed by atoms with Gasteiger partial charge in [0, 0.05) is 12.7 Å². The van der Waals surface area contributed by atoms with Gasteiger partial charge in [0.25, 0.3) is 0 Å². The van der Waals surface area contributed by atoms with Gasteiger partial charge in [0.2, 0.25) is 5.28 Å². The van der Waals surface area contributed by atoms with E-state index in [2.05, 4.69) is 47.3 Å². The number of benzene rings is 1. The Morgan fingerprint density at radius 3 is 2.82 bits per heavy atom. The molecule has 1 N–H and O–H groups in total. The monoisotopic (exact) mass is 247 g/mol. The predicted octanol–water partition coefficient (Wildman–Crippen LogP) is 3.36. The highest BCUT2D eigenvalue weighted by atomic mass is 35.5. The molecule has 2 rings (SSSR count). The van der Waals surface area contributed by atoms with Crippen LogP contribution >= 0.6 is 11.6 Å². The second-order valence-electron chi connectivity index (χ2n) is 3.99. The van der Waals surface area contributed by atoms with Crippen LogP contribution in [0.5, 0.6) is 0 Å². The van der Waals surface area contributed by atoms with Crippen molar-refractivity contribution in [2.75, 3.05) is 5.32 Å². The molecular weight excluding hydrogens is 234 g/mol. The lowest BCUT2D eigenvalue weighted by Crippen LogP contribution is -2.03. The second-order valence-corrected chi connectivity index (χ2v) is 4.33. The number of hydrogen-bond donors (Lipinski definition) is 1. The van der Waals surface area contributed by atoms with Crippen LogP contribution in [0.2, 0.25) is 5.28 Å². The Morgan fingerprint density at radius 1 is 1.24 bits per heavy atom. The number of hydrogen-bond acceptors (Lipinski definition) is 3. The van der Waals surface area contributed by atoms with Crippen molar-refractivity contribution in [1.29, 1.82) is 0 Å². The van der Waals surface area contributed by atoms with E-state index in [1.807, 2.05) is 0 Å². The number of nitrogens with one attached hydrogen (secondary N) is 1. The average Bonchev–Trinajstić information content (AvgIpc) is 2.30. The summed E-state index contributed by atoms with van der Waals surface area (Å²) in [6.45, 7) is 4.93. The van der Waals surface area contributed by atoms with Crippen molar-refractivity contribution in [3.05, 3.63) is 52.4 Å². The van der Waals surface area contributed by atoms with Crippen molar-refractivity contribution in [2.45, 2.75) is 20.4 Å². The van der Waals surface area contributed by atoms with E-state index < -0.39 is 0 Å². The molecule has 2 aromatic rings. The zero-order valence-corrected chi connectivity index (χ0v) is 10.6. The molecule has 4 heteroatoms. The van der Waals surface area contributed by atoms with Gasteiger partial charge in [-0.3, -0.25) is 0 Å². The first kappa shape index (κ1) is 11.9. The van der Waals surface area contributed by atoms with Crippen molar-refractivity contribution in [1.82, 2.24) is 9.97 Å². The molecular formula is C13H14ClN3. The lowest BCUT2D eigenvalue weighted by molar-refractivity contribution is 1.06. The summed E-state index contributed by atoms with van der Waals surface area (Å²) in [4.78, 5) is 7.92. The summed E-state index contributed by atoms with van der Waals surface area (Å²) in [5, 5.41) is 3.49. The molecule has 17 heavy (non-hydrogen) atoms. The average molecular weight is 248 g/mol. The van der Waals surface area contributed by atoms with E-state index in [9.17, 15) is 0 Å². The van der Waals surface area contributed by atoms with Crippen LogP contribution in [0.3, 0.4) is 0 Å². The molecule has 88 valence electrons. The van der Waals surface area contributed by atoms with Crippen LogP contribution in [-0.4, -0.2) is 9.97 Å².